The van der Waals surface area contributed by atoms with Gasteiger partial charge < -0.3 is 9.47 Å². The zero-order valence-corrected chi connectivity index (χ0v) is 12.2. The molecule has 0 bridgehead atoms. The molecule has 1 aliphatic heterocycles. The van der Waals surface area contributed by atoms with Gasteiger partial charge in [0.25, 0.3) is 0 Å². The maximum absolute atomic E-state index is 12.3. The predicted octanol–water partition coefficient (Wildman–Crippen LogP) is 0.284. The van der Waals surface area contributed by atoms with Gasteiger partial charge in [0, 0.05) is 12.0 Å². The second kappa shape index (κ2) is 5.38. The molecule has 0 aromatic rings. The van der Waals surface area contributed by atoms with E-state index in [0.29, 0.717) is 32.6 Å². The summed E-state index contributed by atoms with van der Waals surface area (Å²) in [6, 6.07) is 0. The first-order valence-electron chi connectivity index (χ1n) is 6.52. The van der Waals surface area contributed by atoms with E-state index in [1.165, 1.54) is 7.11 Å². The third-order valence-corrected chi connectivity index (χ3v) is 5.86. The van der Waals surface area contributed by atoms with Gasteiger partial charge in [-0.25, -0.2) is 13.1 Å². The molecule has 2 aliphatic rings. The van der Waals surface area contributed by atoms with Crippen molar-refractivity contribution in [2.24, 2.45) is 11.3 Å². The topological polar surface area (TPSA) is 81.7 Å². The fourth-order valence-corrected chi connectivity index (χ4v) is 4.57. The maximum Gasteiger partial charge on any atom is 0.310 e. The zero-order chi connectivity index (χ0) is 14.1. The Kier molecular flexibility index (Phi) is 4.17. The van der Waals surface area contributed by atoms with Crippen molar-refractivity contribution in [1.82, 2.24) is 4.72 Å². The Bertz CT molecular complexity index is 443. The lowest BCUT2D eigenvalue weighted by Crippen LogP contribution is -2.50. The van der Waals surface area contributed by atoms with Crippen molar-refractivity contribution in [3.8, 4) is 0 Å². The van der Waals surface area contributed by atoms with Crippen LogP contribution in [0.25, 0.3) is 0 Å². The number of ether oxygens (including phenoxy) is 2. The van der Waals surface area contributed by atoms with Gasteiger partial charge in [-0.2, -0.15) is 0 Å². The standard InChI is InChI=1S/C12H21NO5S/c1-12(7-18-8-12)6-13-19(15,16)10-5-3-4-9(10)11(14)17-2/h9-10,13H,3-8H2,1-2H3. The van der Waals surface area contributed by atoms with Crippen LogP contribution in [0, 0.1) is 11.3 Å². The van der Waals surface area contributed by atoms with Gasteiger partial charge >= 0.3 is 5.97 Å². The summed E-state index contributed by atoms with van der Waals surface area (Å²) in [6.45, 7) is 3.48. The molecule has 0 aromatic heterocycles. The highest BCUT2D eigenvalue weighted by molar-refractivity contribution is 7.90. The molecule has 1 aliphatic carbocycles. The van der Waals surface area contributed by atoms with E-state index in [4.69, 9.17) is 4.74 Å². The van der Waals surface area contributed by atoms with Crippen molar-refractivity contribution >= 4 is 16.0 Å². The number of rotatable bonds is 5. The minimum Gasteiger partial charge on any atom is -0.469 e. The Hall–Kier alpha value is -0.660. The van der Waals surface area contributed by atoms with Crippen LogP contribution in [0.4, 0.5) is 0 Å². The number of nitrogens with one attached hydrogen (secondary N) is 1. The molecule has 0 aromatic carbocycles. The van der Waals surface area contributed by atoms with E-state index in [9.17, 15) is 13.2 Å². The third-order valence-electron chi connectivity index (χ3n) is 3.96. The highest BCUT2D eigenvalue weighted by Gasteiger charge is 2.43. The fraction of sp³-hybridized carbons (Fsp3) is 0.917. The van der Waals surface area contributed by atoms with Crippen LogP contribution in [0.2, 0.25) is 0 Å². The molecule has 0 spiro atoms. The van der Waals surface area contributed by atoms with E-state index < -0.39 is 27.2 Å². The van der Waals surface area contributed by atoms with Gasteiger partial charge in [0.15, 0.2) is 0 Å². The van der Waals surface area contributed by atoms with Crippen LogP contribution in [0.1, 0.15) is 26.2 Å². The lowest BCUT2D eigenvalue weighted by Gasteiger charge is -2.38. The van der Waals surface area contributed by atoms with E-state index in [2.05, 4.69) is 9.46 Å². The summed E-state index contributed by atoms with van der Waals surface area (Å²) in [5.74, 6) is -0.959. The molecular formula is C12H21NO5S. The quantitative estimate of drug-likeness (QED) is 0.736. The SMILES string of the molecule is COC(=O)C1CCCC1S(=O)(=O)NCC1(C)COC1. The van der Waals surface area contributed by atoms with Crippen molar-refractivity contribution in [2.45, 2.75) is 31.4 Å². The number of sulfonamides is 1. The normalized spacial score (nSPS) is 29.8. The average molecular weight is 291 g/mol. The lowest BCUT2D eigenvalue weighted by atomic mass is 9.89. The molecule has 2 fully saturated rings. The van der Waals surface area contributed by atoms with Gasteiger partial charge in [0.2, 0.25) is 10.0 Å². The molecule has 19 heavy (non-hydrogen) atoms. The Morgan fingerprint density at radius 2 is 2.11 bits per heavy atom. The summed E-state index contributed by atoms with van der Waals surface area (Å²) in [4.78, 5) is 11.6. The second-order valence-corrected chi connectivity index (χ2v) is 7.75. The summed E-state index contributed by atoms with van der Waals surface area (Å²) in [7, 11) is -2.18. The van der Waals surface area contributed by atoms with E-state index in [1.54, 1.807) is 0 Å². The monoisotopic (exact) mass is 291 g/mol. The number of esters is 1. The van der Waals surface area contributed by atoms with Gasteiger partial charge in [-0.1, -0.05) is 13.3 Å². The fourth-order valence-electron chi connectivity index (χ4n) is 2.65. The van der Waals surface area contributed by atoms with Crippen molar-refractivity contribution in [3.63, 3.8) is 0 Å². The number of hydrogen-bond acceptors (Lipinski definition) is 5. The highest BCUT2D eigenvalue weighted by Crippen LogP contribution is 2.32. The average Bonchev–Trinajstić information content (AvgIpc) is 2.83. The Morgan fingerprint density at radius 3 is 2.63 bits per heavy atom. The molecule has 1 heterocycles. The molecule has 7 heteroatoms. The molecule has 2 unspecified atom stereocenters. The molecule has 110 valence electrons. The Balaban J connectivity index is 2.00. The summed E-state index contributed by atoms with van der Waals surface area (Å²) in [5.41, 5.74) is -0.119. The first kappa shape index (κ1) is 14.7. The van der Waals surface area contributed by atoms with Crippen LogP contribution in [-0.2, 0) is 24.3 Å². The molecular weight excluding hydrogens is 270 g/mol. The van der Waals surface area contributed by atoms with Crippen LogP contribution in [0.3, 0.4) is 0 Å². The maximum atomic E-state index is 12.3. The Labute approximate surface area is 113 Å². The van der Waals surface area contributed by atoms with Gasteiger partial charge in [-0.15, -0.1) is 0 Å². The summed E-state index contributed by atoms with van der Waals surface area (Å²) >= 11 is 0. The van der Waals surface area contributed by atoms with Gasteiger partial charge in [0.1, 0.15) is 0 Å². The summed E-state index contributed by atoms with van der Waals surface area (Å²) in [5, 5.41) is -0.662. The van der Waals surface area contributed by atoms with Gasteiger partial charge in [0.05, 0.1) is 31.5 Å². The van der Waals surface area contributed by atoms with Crippen molar-refractivity contribution in [3.05, 3.63) is 0 Å². The predicted molar refractivity (Wildman–Crippen MR) is 69.0 cm³/mol. The summed E-state index contributed by atoms with van der Waals surface area (Å²) in [6.07, 6.45) is 1.84. The number of carbonyl (C=O) groups excluding carboxylic acids is 1. The molecule has 1 N–H and O–H groups in total. The van der Waals surface area contributed by atoms with E-state index in [-0.39, 0.29) is 5.41 Å². The molecule has 0 amide bonds. The third kappa shape index (κ3) is 3.09. The molecule has 1 saturated carbocycles. The zero-order valence-electron chi connectivity index (χ0n) is 11.3. The van der Waals surface area contributed by atoms with Crippen LogP contribution >= 0.6 is 0 Å². The molecule has 2 atom stereocenters. The van der Waals surface area contributed by atoms with E-state index >= 15 is 0 Å². The largest absolute Gasteiger partial charge is 0.469 e. The Morgan fingerprint density at radius 1 is 1.42 bits per heavy atom. The summed E-state index contributed by atoms with van der Waals surface area (Å²) < 4.78 is 37.0. The smallest absolute Gasteiger partial charge is 0.310 e. The van der Waals surface area contributed by atoms with Crippen molar-refractivity contribution < 1.29 is 22.7 Å². The highest BCUT2D eigenvalue weighted by atomic mass is 32.2. The van der Waals surface area contributed by atoms with Crippen LogP contribution in [0.15, 0.2) is 0 Å². The minimum atomic E-state index is -3.48. The number of carbonyl (C=O) groups is 1. The molecule has 0 radical (unpaired) electrons. The van der Waals surface area contributed by atoms with Crippen molar-refractivity contribution in [1.29, 1.82) is 0 Å². The van der Waals surface area contributed by atoms with Crippen LogP contribution < -0.4 is 4.72 Å². The van der Waals surface area contributed by atoms with E-state index in [1.807, 2.05) is 6.92 Å². The molecule has 6 nitrogen and oxygen atoms in total. The second-order valence-electron chi connectivity index (χ2n) is 5.77. The molecule has 1 saturated heterocycles. The number of methoxy groups -OCH3 is 1. The van der Waals surface area contributed by atoms with E-state index in [0.717, 1.165) is 6.42 Å². The van der Waals surface area contributed by atoms with Crippen LogP contribution in [-0.4, -0.2) is 46.5 Å². The van der Waals surface area contributed by atoms with Crippen molar-refractivity contribution in [2.75, 3.05) is 26.9 Å². The first-order valence-corrected chi connectivity index (χ1v) is 8.07. The first-order chi connectivity index (χ1) is 8.88. The molecule has 2 rings (SSSR count). The van der Waals surface area contributed by atoms with Gasteiger partial charge in [-0.05, 0) is 12.8 Å². The van der Waals surface area contributed by atoms with Crippen LogP contribution in [0.5, 0.6) is 0 Å². The lowest BCUT2D eigenvalue weighted by molar-refractivity contribution is -0.145. The minimum absolute atomic E-state index is 0.119. The number of hydrogen-bond donors (Lipinski definition) is 1. The van der Waals surface area contributed by atoms with Gasteiger partial charge in [-0.3, -0.25) is 4.79 Å².